The van der Waals surface area contributed by atoms with E-state index in [1.54, 1.807) is 141 Å². The van der Waals surface area contributed by atoms with Crippen LogP contribution in [0.25, 0.3) is 21.5 Å². The quantitative estimate of drug-likeness (QED) is 0.0517. The van der Waals surface area contributed by atoms with Gasteiger partial charge in [0.05, 0.1) is 41.8 Å². The van der Waals surface area contributed by atoms with Gasteiger partial charge in [0.2, 0.25) is 63.2 Å². The summed E-state index contributed by atoms with van der Waals surface area (Å²) in [6, 6.07) is 25.0. The van der Waals surface area contributed by atoms with Gasteiger partial charge in [-0.3, -0.25) is 57.7 Å². The molecule has 2 fully saturated rings. The Labute approximate surface area is 696 Å². The average molecular weight is 1670 g/mol. The van der Waals surface area contributed by atoms with Crippen molar-refractivity contribution in [1.29, 1.82) is 0 Å². The fourth-order valence-corrected chi connectivity index (χ4v) is 15.8. The van der Waals surface area contributed by atoms with Crippen LogP contribution in [0.15, 0.2) is 152 Å². The molecule has 0 aliphatic carbocycles. The van der Waals surface area contributed by atoms with Crippen LogP contribution in [0.2, 0.25) is 0 Å². The second-order valence-corrected chi connectivity index (χ2v) is 35.0. The van der Waals surface area contributed by atoms with Gasteiger partial charge in [-0.15, -0.1) is 10.6 Å². The van der Waals surface area contributed by atoms with Crippen molar-refractivity contribution in [3.63, 3.8) is 0 Å². The van der Waals surface area contributed by atoms with E-state index in [0.717, 1.165) is 21.5 Å². The number of aromatic nitrogens is 3. The first kappa shape index (κ1) is 88.7. The van der Waals surface area contributed by atoms with Crippen LogP contribution in [-0.4, -0.2) is 221 Å². The predicted molar refractivity (Wildman–Crippen MR) is 445 cm³/mol. The molecule has 14 rings (SSSR count). The van der Waals surface area contributed by atoms with Gasteiger partial charge in [0, 0.05) is 71.3 Å². The maximum absolute atomic E-state index is 15.6. The highest BCUT2D eigenvalue weighted by atomic mass is 32.2. The Morgan fingerprint density at radius 1 is 0.592 bits per heavy atom. The van der Waals surface area contributed by atoms with Crippen LogP contribution in [0.4, 0.5) is 0 Å². The Bertz CT molecular complexity index is 5090. The molecule has 640 valence electrons. The molecule has 13 N–H and O–H groups in total. The number of likely N-dealkylation sites (tertiary alicyclic amines) is 2. The first-order valence-corrected chi connectivity index (χ1v) is 41.7. The summed E-state index contributed by atoms with van der Waals surface area (Å²) in [6.07, 6.45) is 2.24. The molecule has 2 saturated heterocycles. The van der Waals surface area contributed by atoms with Crippen molar-refractivity contribution in [2.45, 2.75) is 186 Å². The Balaban J connectivity index is 0.949. The van der Waals surface area contributed by atoms with Crippen LogP contribution in [0.5, 0.6) is 11.5 Å². The van der Waals surface area contributed by atoms with Gasteiger partial charge in [0.1, 0.15) is 78.7 Å². The number of rotatable bonds is 19. The molecule has 35 heteroatoms. The summed E-state index contributed by atoms with van der Waals surface area (Å²) in [6.45, 7) is 14.7. The highest BCUT2D eigenvalue weighted by Crippen LogP contribution is 2.34. The fourth-order valence-electron chi connectivity index (χ4n) is 14.8. The molecule has 0 radical (unpaired) electrons. The minimum atomic E-state index is -4.43. The number of carbonyl (C=O) groups excluding carboxylic acids is 10. The average Bonchev–Trinajstić information content (AvgIpc) is 1.64. The molecule has 7 aromatic rings. The van der Waals surface area contributed by atoms with E-state index in [9.17, 15) is 42.3 Å². The molecule has 120 heavy (non-hydrogen) atoms. The number of carboxylic acids is 1. The van der Waals surface area contributed by atoms with Gasteiger partial charge in [-0.05, 0) is 113 Å². The van der Waals surface area contributed by atoms with E-state index >= 15 is 24.0 Å². The first-order chi connectivity index (χ1) is 57.0. The number of ether oxygens (including phenoxy) is 2. The molecule has 0 spiro atoms. The Kier molecular flexibility index (Phi) is 28.7. The maximum Gasteiger partial charge on any atom is 0.326 e. The topological polar surface area (TPSA) is 445 Å². The molecule has 34 nitrogen and oxygen atoms in total. The van der Waals surface area contributed by atoms with Gasteiger partial charge >= 0.3 is 5.97 Å². The van der Waals surface area contributed by atoms with Crippen LogP contribution in [-0.2, 0) is 95.1 Å². The zero-order valence-corrected chi connectivity index (χ0v) is 70.0. The number of hydrogen-bond donors (Lipinski definition) is 13. The molecule has 1 aromatic heterocycles. The zero-order valence-electron chi connectivity index (χ0n) is 69.1. The molecule has 0 unspecified atom stereocenters. The van der Waals surface area contributed by atoms with Crippen LogP contribution < -0.4 is 73.0 Å². The number of sulfonamides is 1. The lowest BCUT2D eigenvalue weighted by Crippen LogP contribution is -2.61. The molecule has 0 saturated carbocycles. The predicted octanol–water partition coefficient (Wildman–Crippen LogP) is 2.38. The third kappa shape index (κ3) is 23.0. The summed E-state index contributed by atoms with van der Waals surface area (Å²) in [5.41, 5.74) is 7.23. The number of nitrogens with zero attached hydrogens (tertiary/aromatic N) is 6. The van der Waals surface area contributed by atoms with Crippen molar-refractivity contribution >= 4 is 96.6 Å². The molecule has 7 aliphatic heterocycles. The van der Waals surface area contributed by atoms with E-state index in [0.29, 0.717) is 45.1 Å². The van der Waals surface area contributed by atoms with Gasteiger partial charge in [-0.2, -0.15) is 0 Å². The van der Waals surface area contributed by atoms with E-state index in [4.69, 9.17) is 9.47 Å². The van der Waals surface area contributed by atoms with Crippen LogP contribution in [0.1, 0.15) is 116 Å². The third-order valence-electron chi connectivity index (χ3n) is 21.9. The van der Waals surface area contributed by atoms with E-state index in [1.807, 2.05) is 78.9 Å². The summed E-state index contributed by atoms with van der Waals surface area (Å²) >= 11 is 0. The number of carbonyl (C=O) groups is 11. The number of benzene rings is 6. The second kappa shape index (κ2) is 38.8. The molecular weight excluding hydrogens is 1560 g/mol. The number of hydrazine groups is 2. The number of hydrogen-bond acceptors (Lipinski definition) is 22. The van der Waals surface area contributed by atoms with E-state index < -0.39 is 164 Å². The molecule has 12 atom stereocenters. The van der Waals surface area contributed by atoms with Gasteiger partial charge in [0.15, 0.2) is 0 Å². The van der Waals surface area contributed by atoms with Crippen LogP contribution in [0.3, 0.4) is 0 Å². The minimum Gasteiger partial charge on any atom is -0.487 e. The van der Waals surface area contributed by atoms with E-state index in [-0.39, 0.29) is 77.8 Å². The third-order valence-corrected chi connectivity index (χ3v) is 23.2. The van der Waals surface area contributed by atoms with Gasteiger partial charge < -0.3 is 77.7 Å². The van der Waals surface area contributed by atoms with Crippen LogP contribution in [0, 0.1) is 10.8 Å². The lowest BCUT2D eigenvalue weighted by molar-refractivity contribution is -0.145. The molecular formula is C85H108N18O16S. The Hall–Kier alpha value is -12.1. The fraction of sp³-hybridized carbons (Fsp3) is 0.447. The number of nitrogens with one attached hydrogen (secondary N) is 12. The van der Waals surface area contributed by atoms with Gasteiger partial charge in [-0.1, -0.05) is 156 Å². The lowest BCUT2D eigenvalue weighted by Gasteiger charge is -2.36. The number of aliphatic carboxylic acids is 1. The highest BCUT2D eigenvalue weighted by Gasteiger charge is 2.50. The summed E-state index contributed by atoms with van der Waals surface area (Å²) in [5, 5.41) is 50.2. The monoisotopic (exact) mass is 1670 g/mol. The summed E-state index contributed by atoms with van der Waals surface area (Å²) in [5.74, 6) is -8.29. The number of likely N-dealkylation sites (N-methyl/N-ethyl adjacent to an activating group) is 2. The van der Waals surface area contributed by atoms with Crippen molar-refractivity contribution in [3.05, 3.63) is 180 Å². The largest absolute Gasteiger partial charge is 0.487 e. The molecule has 8 heterocycles. The SMILES string of the molecule is CN[C@@H](C)C(=O)N[C@H](C(=O)N1C[C@@H]2C[C@H]1C(=O)N[C@@H](Cc1ccc3ccccc3c1)C(=O)N[C@H](C(=O)O)Cc1ccc(cc1)OCc1cn(nn1)[C@H]1C[C@@H](C(=O)N[C@@H](Cc3ccc4ccccc4c3)C(=O)N[C@H](C(=O)NS(=O)(=O)CCCNC(C)=O)Cc3ccc(cc3)OCC3=CN2NN3)N(C(=O)[C@@H](NC(=O)[C@H](C)NC)C(C)(C)C)C1)C(C)(C)C. The van der Waals surface area contributed by atoms with Crippen molar-refractivity contribution < 1.29 is 75.7 Å². The van der Waals surface area contributed by atoms with Crippen LogP contribution >= 0.6 is 0 Å². The van der Waals surface area contributed by atoms with Gasteiger partial charge in [0.25, 0.3) is 5.91 Å². The number of fused-ring (bicyclic) bond motifs is 2. The molecule has 10 amide bonds. The summed E-state index contributed by atoms with van der Waals surface area (Å²) in [7, 11) is -1.23. The molecule has 12 bridgehead atoms. The second-order valence-electron chi connectivity index (χ2n) is 33.2. The smallest absolute Gasteiger partial charge is 0.326 e. The Morgan fingerprint density at radius 2 is 1.06 bits per heavy atom. The summed E-state index contributed by atoms with van der Waals surface area (Å²) in [4.78, 5) is 162. The highest BCUT2D eigenvalue weighted by molar-refractivity contribution is 7.90. The van der Waals surface area contributed by atoms with Crippen molar-refractivity contribution in [1.82, 2.24) is 93.3 Å². The minimum absolute atomic E-state index is 0.0208. The molecule has 6 aromatic carbocycles. The Morgan fingerprint density at radius 3 is 1.54 bits per heavy atom. The number of carboxylic acid groups (broad SMARTS) is 1. The van der Waals surface area contributed by atoms with Gasteiger partial charge in [-0.25, -0.2) is 17.9 Å². The lowest BCUT2D eigenvalue weighted by atomic mass is 9.85. The molecule has 7 aliphatic rings. The van der Waals surface area contributed by atoms with Crippen molar-refractivity contribution in [3.8, 4) is 11.5 Å². The normalized spacial score (nSPS) is 21.5. The van der Waals surface area contributed by atoms with Crippen molar-refractivity contribution in [2.24, 2.45) is 10.8 Å². The maximum atomic E-state index is 15.6. The van der Waals surface area contributed by atoms with E-state index in [2.05, 4.69) is 73.8 Å². The summed E-state index contributed by atoms with van der Waals surface area (Å²) < 4.78 is 43.5. The standard InChI is InChI=1S/C85H108N18O16S/c1-49(86-10)74(105)93-72(84(4,5)6)81(112)100-45-62-41-70(100)79(110)90-66(39-54-21-27-56-17-12-14-19-58(56)35-54)76(107)89-68(78(109)97-120(116,117)34-16-33-88-51(3)104)37-52-23-29-64(30-24-52)118-47-60-43-103(98-95-60)63-42-71(101(46-63)82(113)73(85(7,8)9)94-75(106)50(2)87-11)80(111)91-67(40-55-22-28-57-18-13-15-20-59(57)36-55)77(108)92-69(83(114)115)38-53-25-31-65(32-26-53)119-48-61-44-102(62)99-96-61/h12-15,17-32,35-36,43-44,49-50,62-63,66-73,86-87,95,98H,16,33-34,37-42,45-48H2,1-11H3,(H,88,104)(H,89,107)(H,90,110)(H,91,111)(H,92,108)(H,93,105)(H,94,106)(H,97,109)(H,114,115)/t49-,50-,62-,63-,66-,67-,68-,69-,70-,71-,72+,73+/m0/s1. The first-order valence-electron chi connectivity index (χ1n) is 40.1. The number of amides is 10. The van der Waals surface area contributed by atoms with E-state index in [1.165, 1.54) is 21.4 Å². The van der Waals surface area contributed by atoms with Crippen molar-refractivity contribution in [2.75, 3.05) is 46.1 Å². The zero-order chi connectivity index (χ0) is 86.5.